The fourth-order valence-corrected chi connectivity index (χ4v) is 5.31. The van der Waals surface area contributed by atoms with Crippen LogP contribution in [0.5, 0.6) is 0 Å². The van der Waals surface area contributed by atoms with Gasteiger partial charge in [0.2, 0.25) is 0 Å². The van der Waals surface area contributed by atoms with Crippen molar-refractivity contribution in [2.24, 2.45) is 10.9 Å². The Kier molecular flexibility index (Phi) is 4.58. The molecule has 1 aliphatic carbocycles. The quantitative estimate of drug-likeness (QED) is 0.582. The molecule has 4 atom stereocenters. The van der Waals surface area contributed by atoms with Gasteiger partial charge in [-0.05, 0) is 44.3 Å². The maximum Gasteiger partial charge on any atom is 0.139 e. The molecule has 2 saturated heterocycles. The number of piperidine rings is 1. The van der Waals surface area contributed by atoms with Gasteiger partial charge >= 0.3 is 0 Å². The van der Waals surface area contributed by atoms with Crippen LogP contribution in [-0.4, -0.2) is 33.6 Å². The Labute approximate surface area is 133 Å². The molecule has 1 spiro atoms. The van der Waals surface area contributed by atoms with Gasteiger partial charge in [-0.25, -0.2) is 4.99 Å². The Morgan fingerprint density at radius 3 is 3.00 bits per heavy atom. The molecule has 0 bridgehead atoms. The molecule has 0 aromatic carbocycles. The highest BCUT2D eigenvalue weighted by Gasteiger charge is 2.58. The van der Waals surface area contributed by atoms with Crippen molar-refractivity contribution in [1.29, 1.82) is 0 Å². The van der Waals surface area contributed by atoms with Crippen molar-refractivity contribution in [3.8, 4) is 0 Å². The molecule has 3 nitrogen and oxygen atoms in total. The Morgan fingerprint density at radius 1 is 1.38 bits per heavy atom. The minimum atomic E-state index is 0.104. The molecule has 3 rings (SSSR count). The van der Waals surface area contributed by atoms with Gasteiger partial charge in [0.15, 0.2) is 0 Å². The molecule has 116 valence electrons. The second kappa shape index (κ2) is 6.28. The summed E-state index contributed by atoms with van der Waals surface area (Å²) >= 11 is 4.87. The molecular formula is C17H26N2OS. The molecule has 0 radical (unpaired) electrons. The molecule has 1 saturated carbocycles. The average molecular weight is 306 g/mol. The van der Waals surface area contributed by atoms with E-state index in [1.165, 1.54) is 32.1 Å². The van der Waals surface area contributed by atoms with Crippen molar-refractivity contribution in [1.82, 2.24) is 4.90 Å². The minimum absolute atomic E-state index is 0.104. The van der Waals surface area contributed by atoms with E-state index < -0.39 is 0 Å². The molecule has 0 amide bonds. The number of Topliss-reactive ketones (excluding diaryl/α,β-unsaturated/α-hetero) is 1. The highest BCUT2D eigenvalue weighted by molar-refractivity contribution is 7.78. The standard InChI is InChI=1S/C17H26N2OS/c1-2-3-6-13-11-15(20)14-7-4-5-9-17(14)10-8-16(18-12-21)19(13)17/h13-14,16H,2-11H2,1H3/t13-,14-,16?,17+/m1/s1. The van der Waals surface area contributed by atoms with Crippen LogP contribution in [0.3, 0.4) is 0 Å². The normalized spacial score (nSPS) is 39.5. The summed E-state index contributed by atoms with van der Waals surface area (Å²) in [6.45, 7) is 2.22. The third-order valence-corrected chi connectivity index (χ3v) is 6.09. The first-order chi connectivity index (χ1) is 10.2. The molecule has 3 fully saturated rings. The molecule has 2 heterocycles. The topological polar surface area (TPSA) is 32.7 Å². The summed E-state index contributed by atoms with van der Waals surface area (Å²) in [5.74, 6) is 0.786. The highest BCUT2D eigenvalue weighted by Crippen LogP contribution is 2.53. The summed E-state index contributed by atoms with van der Waals surface area (Å²) < 4.78 is 0. The van der Waals surface area contributed by atoms with E-state index in [0.717, 1.165) is 32.1 Å². The zero-order valence-electron chi connectivity index (χ0n) is 13.0. The van der Waals surface area contributed by atoms with Crippen molar-refractivity contribution in [2.45, 2.75) is 88.9 Å². The molecule has 21 heavy (non-hydrogen) atoms. The zero-order valence-corrected chi connectivity index (χ0v) is 13.8. The zero-order chi connectivity index (χ0) is 14.9. The lowest BCUT2D eigenvalue weighted by molar-refractivity contribution is -0.142. The first-order valence-electron chi connectivity index (χ1n) is 8.61. The molecular weight excluding hydrogens is 280 g/mol. The number of hydrogen-bond acceptors (Lipinski definition) is 4. The van der Waals surface area contributed by atoms with Crippen LogP contribution in [-0.2, 0) is 4.79 Å². The summed E-state index contributed by atoms with van der Waals surface area (Å²) in [5, 5.41) is 2.60. The van der Waals surface area contributed by atoms with Crippen molar-refractivity contribution >= 4 is 23.2 Å². The summed E-state index contributed by atoms with van der Waals surface area (Å²) in [6.07, 6.45) is 11.3. The number of unbranched alkanes of at least 4 members (excludes halogenated alkanes) is 1. The van der Waals surface area contributed by atoms with Crippen LogP contribution in [0.2, 0.25) is 0 Å². The molecule has 4 heteroatoms. The monoisotopic (exact) mass is 306 g/mol. The van der Waals surface area contributed by atoms with Crippen molar-refractivity contribution in [2.75, 3.05) is 0 Å². The number of ketones is 1. The number of thiocarbonyl (C=S) groups is 1. The van der Waals surface area contributed by atoms with Gasteiger partial charge in [-0.2, -0.15) is 0 Å². The second-order valence-corrected chi connectivity index (χ2v) is 7.20. The highest BCUT2D eigenvalue weighted by atomic mass is 32.1. The summed E-state index contributed by atoms with van der Waals surface area (Å²) in [5.41, 5.74) is 0.104. The fourth-order valence-electron chi connectivity index (χ4n) is 5.18. The largest absolute Gasteiger partial charge is 0.299 e. The Hall–Kier alpha value is -0.570. The number of carbonyl (C=O) groups excluding carboxylic acids is 1. The first-order valence-corrected chi connectivity index (χ1v) is 9.02. The van der Waals surface area contributed by atoms with Crippen molar-refractivity contribution < 1.29 is 4.79 Å². The lowest BCUT2D eigenvalue weighted by Gasteiger charge is -2.54. The smallest absolute Gasteiger partial charge is 0.139 e. The Morgan fingerprint density at radius 2 is 2.24 bits per heavy atom. The van der Waals surface area contributed by atoms with Gasteiger partial charge in [0.1, 0.15) is 11.9 Å². The summed E-state index contributed by atoms with van der Waals surface area (Å²) in [7, 11) is 0. The number of carbonyl (C=O) groups is 1. The minimum Gasteiger partial charge on any atom is -0.299 e. The number of isothiocyanates is 1. The number of rotatable bonds is 4. The predicted octanol–water partition coefficient (Wildman–Crippen LogP) is 3.97. The van der Waals surface area contributed by atoms with Crippen LogP contribution in [0.25, 0.3) is 0 Å². The molecule has 0 N–H and O–H groups in total. The van der Waals surface area contributed by atoms with E-state index in [1.807, 2.05) is 0 Å². The van der Waals surface area contributed by atoms with Crippen molar-refractivity contribution in [3.63, 3.8) is 0 Å². The lowest BCUT2D eigenvalue weighted by Crippen LogP contribution is -2.63. The number of nitrogens with zero attached hydrogens (tertiary/aromatic N) is 2. The van der Waals surface area contributed by atoms with Gasteiger partial charge in [0.25, 0.3) is 0 Å². The van der Waals surface area contributed by atoms with Gasteiger partial charge in [0, 0.05) is 23.9 Å². The van der Waals surface area contributed by atoms with E-state index in [2.05, 4.69) is 22.0 Å². The maximum absolute atomic E-state index is 12.7. The fraction of sp³-hybridized carbons (Fsp3) is 0.882. The second-order valence-electron chi connectivity index (χ2n) is 7.02. The van der Waals surface area contributed by atoms with Gasteiger partial charge in [0.05, 0.1) is 5.16 Å². The van der Waals surface area contributed by atoms with E-state index in [0.29, 0.717) is 11.8 Å². The molecule has 2 aliphatic heterocycles. The number of hydrogen-bond donors (Lipinski definition) is 0. The molecule has 3 aliphatic rings. The van der Waals surface area contributed by atoms with E-state index in [4.69, 9.17) is 12.2 Å². The predicted molar refractivity (Wildman–Crippen MR) is 87.5 cm³/mol. The van der Waals surface area contributed by atoms with Gasteiger partial charge in [-0.15, -0.1) is 0 Å². The third kappa shape index (κ3) is 2.52. The van der Waals surface area contributed by atoms with Crippen molar-refractivity contribution in [3.05, 3.63) is 0 Å². The first kappa shape index (κ1) is 15.3. The Balaban J connectivity index is 1.94. The third-order valence-electron chi connectivity index (χ3n) is 5.98. The molecule has 1 unspecified atom stereocenters. The van der Waals surface area contributed by atoms with E-state index >= 15 is 0 Å². The van der Waals surface area contributed by atoms with E-state index in [-0.39, 0.29) is 17.6 Å². The van der Waals surface area contributed by atoms with Crippen LogP contribution in [0.1, 0.15) is 71.1 Å². The maximum atomic E-state index is 12.7. The average Bonchev–Trinajstić information content (AvgIpc) is 2.84. The van der Waals surface area contributed by atoms with Gasteiger partial charge < -0.3 is 0 Å². The van der Waals surface area contributed by atoms with Crippen LogP contribution < -0.4 is 0 Å². The molecule has 0 aromatic heterocycles. The van der Waals surface area contributed by atoms with Crippen LogP contribution >= 0.6 is 12.2 Å². The molecule has 0 aromatic rings. The summed E-state index contributed by atoms with van der Waals surface area (Å²) in [6, 6.07) is 0.381. The Bertz CT molecular complexity index is 460. The SMILES string of the molecule is CCCC[C@@H]1CC(=O)[C@H]2CCCC[C@]23CCC(N=C=S)N13. The lowest BCUT2D eigenvalue weighted by atomic mass is 9.65. The van der Waals surface area contributed by atoms with Crippen LogP contribution in [0, 0.1) is 5.92 Å². The number of aliphatic imine (C=N–C) groups is 1. The van der Waals surface area contributed by atoms with Crippen LogP contribution in [0.15, 0.2) is 4.99 Å². The van der Waals surface area contributed by atoms with E-state index in [1.54, 1.807) is 0 Å². The summed E-state index contributed by atoms with van der Waals surface area (Å²) in [4.78, 5) is 19.8. The van der Waals surface area contributed by atoms with E-state index in [9.17, 15) is 4.79 Å². The van der Waals surface area contributed by atoms with Gasteiger partial charge in [-0.3, -0.25) is 9.69 Å². The van der Waals surface area contributed by atoms with Crippen LogP contribution in [0.4, 0.5) is 0 Å². The van der Waals surface area contributed by atoms with Gasteiger partial charge in [-0.1, -0.05) is 32.6 Å².